The van der Waals surface area contributed by atoms with Gasteiger partial charge in [-0.15, -0.1) is 11.3 Å². The highest BCUT2D eigenvalue weighted by molar-refractivity contribution is 9.11. The molecule has 1 saturated heterocycles. The number of thiophene rings is 1. The van der Waals surface area contributed by atoms with E-state index < -0.39 is 0 Å². The van der Waals surface area contributed by atoms with Gasteiger partial charge in [0, 0.05) is 6.54 Å². The van der Waals surface area contributed by atoms with Gasteiger partial charge in [0.15, 0.2) is 0 Å². The fourth-order valence-electron chi connectivity index (χ4n) is 2.75. The van der Waals surface area contributed by atoms with Gasteiger partial charge in [-0.1, -0.05) is 0 Å². The zero-order valence-corrected chi connectivity index (χ0v) is 11.8. The molecule has 2 heterocycles. The van der Waals surface area contributed by atoms with Gasteiger partial charge in [0.2, 0.25) is 0 Å². The van der Waals surface area contributed by atoms with Gasteiger partial charge in [-0.2, -0.15) is 0 Å². The van der Waals surface area contributed by atoms with Crippen LogP contribution in [-0.4, -0.2) is 36.1 Å². The third-order valence-electron chi connectivity index (χ3n) is 3.53. The molecule has 1 aliphatic carbocycles. The lowest BCUT2D eigenvalue weighted by Gasteiger charge is -2.37. The number of carbonyl (C=O) groups excluding carboxylic acids is 1. The maximum Gasteiger partial charge on any atom is 0.264 e. The molecule has 3 nitrogen and oxygen atoms in total. The largest absolute Gasteiger partial charge is 0.374 e. The topological polar surface area (TPSA) is 29.5 Å². The third kappa shape index (κ3) is 2.16. The van der Waals surface area contributed by atoms with E-state index in [1.807, 2.05) is 17.0 Å². The van der Waals surface area contributed by atoms with Crippen molar-refractivity contribution in [2.75, 3.05) is 13.2 Å². The Balaban J connectivity index is 1.81. The van der Waals surface area contributed by atoms with Crippen LogP contribution >= 0.6 is 27.3 Å². The first kappa shape index (κ1) is 11.7. The minimum absolute atomic E-state index is 0.168. The molecule has 2 fully saturated rings. The SMILES string of the molecule is O=C(c1ccc(Br)s1)N1CCO[C@H]2CCC[C@@H]21. The zero-order chi connectivity index (χ0) is 11.8. The van der Waals surface area contributed by atoms with Crippen LogP contribution in [0.5, 0.6) is 0 Å². The molecule has 3 rings (SSSR count). The summed E-state index contributed by atoms with van der Waals surface area (Å²) in [5, 5.41) is 0. The monoisotopic (exact) mass is 315 g/mol. The summed E-state index contributed by atoms with van der Waals surface area (Å²) in [4.78, 5) is 15.3. The molecule has 92 valence electrons. The van der Waals surface area contributed by atoms with Crippen LogP contribution in [-0.2, 0) is 4.74 Å². The first-order chi connectivity index (χ1) is 8.25. The molecule has 2 atom stereocenters. The molecule has 0 bridgehead atoms. The number of hydrogen-bond donors (Lipinski definition) is 0. The Hall–Kier alpha value is -0.390. The molecule has 0 aromatic carbocycles. The van der Waals surface area contributed by atoms with Crippen LogP contribution in [0.25, 0.3) is 0 Å². The summed E-state index contributed by atoms with van der Waals surface area (Å²) < 4.78 is 6.73. The van der Waals surface area contributed by atoms with Gasteiger partial charge in [-0.05, 0) is 47.3 Å². The van der Waals surface area contributed by atoms with E-state index in [0.29, 0.717) is 12.6 Å². The van der Waals surface area contributed by atoms with Crippen molar-refractivity contribution >= 4 is 33.2 Å². The smallest absolute Gasteiger partial charge is 0.264 e. The fraction of sp³-hybridized carbons (Fsp3) is 0.583. The zero-order valence-electron chi connectivity index (χ0n) is 9.39. The quantitative estimate of drug-likeness (QED) is 0.797. The lowest BCUT2D eigenvalue weighted by atomic mass is 10.1. The molecule has 0 N–H and O–H groups in total. The summed E-state index contributed by atoms with van der Waals surface area (Å²) in [5.74, 6) is 0.168. The minimum Gasteiger partial charge on any atom is -0.374 e. The predicted molar refractivity (Wildman–Crippen MR) is 70.4 cm³/mol. The van der Waals surface area contributed by atoms with E-state index in [2.05, 4.69) is 15.9 Å². The van der Waals surface area contributed by atoms with E-state index >= 15 is 0 Å². The van der Waals surface area contributed by atoms with Crippen molar-refractivity contribution in [2.24, 2.45) is 0 Å². The molecule has 0 spiro atoms. The Morgan fingerprint density at radius 3 is 3.12 bits per heavy atom. The Bertz CT molecular complexity index is 434. The second-order valence-corrected chi connectivity index (χ2v) is 6.97. The number of rotatable bonds is 1. The maximum atomic E-state index is 12.4. The van der Waals surface area contributed by atoms with Crippen LogP contribution in [0.15, 0.2) is 15.9 Å². The molecule has 2 aliphatic rings. The van der Waals surface area contributed by atoms with Crippen LogP contribution in [0.3, 0.4) is 0 Å². The molecule has 1 saturated carbocycles. The van der Waals surface area contributed by atoms with Crippen molar-refractivity contribution in [1.29, 1.82) is 0 Å². The van der Waals surface area contributed by atoms with Gasteiger partial charge in [0.05, 0.1) is 27.4 Å². The number of amides is 1. The summed E-state index contributed by atoms with van der Waals surface area (Å²) in [6.45, 7) is 1.41. The average Bonchev–Trinajstić information content (AvgIpc) is 2.95. The van der Waals surface area contributed by atoms with Crippen molar-refractivity contribution in [3.05, 3.63) is 20.8 Å². The molecule has 1 aromatic heterocycles. The van der Waals surface area contributed by atoms with Crippen molar-refractivity contribution in [1.82, 2.24) is 4.90 Å². The summed E-state index contributed by atoms with van der Waals surface area (Å²) in [7, 11) is 0. The van der Waals surface area contributed by atoms with Gasteiger partial charge < -0.3 is 9.64 Å². The van der Waals surface area contributed by atoms with Gasteiger partial charge >= 0.3 is 0 Å². The average molecular weight is 316 g/mol. The standard InChI is InChI=1S/C12H14BrNO2S/c13-11-5-4-10(17-11)12(15)14-6-7-16-9-3-1-2-8(9)14/h4-5,8-9H,1-3,6-7H2/t8-,9-/m0/s1. The summed E-state index contributed by atoms with van der Waals surface area (Å²) in [6, 6.07) is 4.14. The van der Waals surface area contributed by atoms with E-state index in [0.717, 1.165) is 28.0 Å². The third-order valence-corrected chi connectivity index (χ3v) is 5.14. The Labute approximate surface area is 113 Å². The summed E-state index contributed by atoms with van der Waals surface area (Å²) in [5.41, 5.74) is 0. The van der Waals surface area contributed by atoms with E-state index in [4.69, 9.17) is 4.74 Å². The van der Waals surface area contributed by atoms with E-state index in [1.165, 1.54) is 17.8 Å². The van der Waals surface area contributed by atoms with Crippen LogP contribution in [0.4, 0.5) is 0 Å². The molecule has 5 heteroatoms. The maximum absolute atomic E-state index is 12.4. The Kier molecular flexibility index (Phi) is 3.23. The number of ether oxygens (including phenoxy) is 1. The number of halogens is 1. The lowest BCUT2D eigenvalue weighted by Crippen LogP contribution is -2.51. The Morgan fingerprint density at radius 2 is 2.35 bits per heavy atom. The van der Waals surface area contributed by atoms with Crippen LogP contribution in [0.2, 0.25) is 0 Å². The van der Waals surface area contributed by atoms with Crippen molar-refractivity contribution in [3.63, 3.8) is 0 Å². The van der Waals surface area contributed by atoms with E-state index in [9.17, 15) is 4.79 Å². The minimum atomic E-state index is 0.168. The molecule has 1 aromatic rings. The first-order valence-corrected chi connectivity index (χ1v) is 7.54. The number of morpholine rings is 1. The van der Waals surface area contributed by atoms with Gasteiger partial charge in [0.1, 0.15) is 0 Å². The van der Waals surface area contributed by atoms with Gasteiger partial charge in [0.25, 0.3) is 5.91 Å². The van der Waals surface area contributed by atoms with Crippen LogP contribution in [0, 0.1) is 0 Å². The van der Waals surface area contributed by atoms with Crippen molar-refractivity contribution in [3.8, 4) is 0 Å². The first-order valence-electron chi connectivity index (χ1n) is 5.93. The molecule has 17 heavy (non-hydrogen) atoms. The van der Waals surface area contributed by atoms with Crippen LogP contribution in [0.1, 0.15) is 28.9 Å². The molecule has 1 aliphatic heterocycles. The number of nitrogens with zero attached hydrogens (tertiary/aromatic N) is 1. The molecular formula is C12H14BrNO2S. The Morgan fingerprint density at radius 1 is 1.47 bits per heavy atom. The number of carbonyl (C=O) groups is 1. The molecule has 1 amide bonds. The lowest BCUT2D eigenvalue weighted by molar-refractivity contribution is -0.0443. The summed E-state index contributed by atoms with van der Waals surface area (Å²) in [6.07, 6.45) is 3.63. The predicted octanol–water partition coefficient (Wildman–Crippen LogP) is 2.90. The number of hydrogen-bond acceptors (Lipinski definition) is 3. The van der Waals surface area contributed by atoms with Gasteiger partial charge in [-0.25, -0.2) is 0 Å². The highest BCUT2D eigenvalue weighted by Gasteiger charge is 2.38. The molecule has 0 radical (unpaired) electrons. The highest BCUT2D eigenvalue weighted by Crippen LogP contribution is 2.32. The van der Waals surface area contributed by atoms with E-state index in [-0.39, 0.29) is 12.0 Å². The molecular weight excluding hydrogens is 302 g/mol. The highest BCUT2D eigenvalue weighted by atomic mass is 79.9. The van der Waals surface area contributed by atoms with Crippen molar-refractivity contribution in [2.45, 2.75) is 31.4 Å². The van der Waals surface area contributed by atoms with Gasteiger partial charge in [-0.3, -0.25) is 4.79 Å². The number of fused-ring (bicyclic) bond motifs is 1. The van der Waals surface area contributed by atoms with E-state index in [1.54, 1.807) is 0 Å². The van der Waals surface area contributed by atoms with Crippen LogP contribution < -0.4 is 0 Å². The fourth-order valence-corrected chi connectivity index (χ4v) is 4.09. The second-order valence-electron chi connectivity index (χ2n) is 4.51. The molecule has 0 unspecified atom stereocenters. The summed E-state index contributed by atoms with van der Waals surface area (Å²) >= 11 is 4.91. The normalized spacial score (nSPS) is 28.2. The van der Waals surface area contributed by atoms with Crippen molar-refractivity contribution < 1.29 is 9.53 Å². The second kappa shape index (κ2) is 4.71.